The summed E-state index contributed by atoms with van der Waals surface area (Å²) in [5.74, 6) is 0.607. The molecular weight excluding hydrogens is 296 g/mol. The van der Waals surface area contributed by atoms with Crippen molar-refractivity contribution in [3.63, 3.8) is 0 Å². The highest BCUT2D eigenvalue weighted by atomic mass is 32.2. The summed E-state index contributed by atoms with van der Waals surface area (Å²) in [5, 5.41) is 11.0. The maximum Gasteiger partial charge on any atom is 0.276 e. The first-order valence-electron chi connectivity index (χ1n) is 7.30. The third kappa shape index (κ3) is 3.39. The summed E-state index contributed by atoms with van der Waals surface area (Å²) in [4.78, 5) is 15.5. The van der Waals surface area contributed by atoms with E-state index in [-0.39, 0.29) is 5.91 Å². The Morgan fingerprint density at radius 1 is 1.09 bits per heavy atom. The SMILES string of the molecule is CSc1ccc(NC(=O)c2ccc(N3CCCC3)nn2)cc1. The van der Waals surface area contributed by atoms with Crippen molar-refractivity contribution in [1.82, 2.24) is 10.2 Å². The molecule has 1 aliphatic heterocycles. The number of amides is 1. The molecule has 1 aliphatic rings. The Hall–Kier alpha value is -2.08. The van der Waals surface area contributed by atoms with Crippen LogP contribution in [0.5, 0.6) is 0 Å². The number of anilines is 2. The van der Waals surface area contributed by atoms with Crippen molar-refractivity contribution in [3.8, 4) is 0 Å². The van der Waals surface area contributed by atoms with Crippen LogP contribution in [0.25, 0.3) is 0 Å². The molecule has 2 heterocycles. The van der Waals surface area contributed by atoms with Gasteiger partial charge in [0.1, 0.15) is 0 Å². The largest absolute Gasteiger partial charge is 0.355 e. The zero-order valence-electron chi connectivity index (χ0n) is 12.5. The smallest absolute Gasteiger partial charge is 0.276 e. The van der Waals surface area contributed by atoms with Gasteiger partial charge in [0, 0.05) is 23.7 Å². The molecule has 3 rings (SSSR count). The van der Waals surface area contributed by atoms with E-state index < -0.39 is 0 Å². The molecule has 0 atom stereocenters. The van der Waals surface area contributed by atoms with Crippen LogP contribution in [0.2, 0.25) is 0 Å². The highest BCUT2D eigenvalue weighted by Crippen LogP contribution is 2.19. The molecule has 0 radical (unpaired) electrons. The van der Waals surface area contributed by atoms with Gasteiger partial charge in [-0.2, -0.15) is 0 Å². The predicted octanol–water partition coefficient (Wildman–Crippen LogP) is 3.05. The molecule has 1 aromatic carbocycles. The van der Waals surface area contributed by atoms with Crippen LogP contribution in [-0.4, -0.2) is 35.4 Å². The van der Waals surface area contributed by atoms with Crippen molar-refractivity contribution >= 4 is 29.2 Å². The van der Waals surface area contributed by atoms with Crippen LogP contribution in [0, 0.1) is 0 Å². The average Bonchev–Trinajstić information content (AvgIpc) is 3.10. The summed E-state index contributed by atoms with van der Waals surface area (Å²) in [5.41, 5.74) is 1.09. The molecule has 0 saturated carbocycles. The maximum absolute atomic E-state index is 12.2. The number of nitrogens with one attached hydrogen (secondary N) is 1. The van der Waals surface area contributed by atoms with Crippen molar-refractivity contribution in [3.05, 3.63) is 42.1 Å². The average molecular weight is 314 g/mol. The fourth-order valence-electron chi connectivity index (χ4n) is 2.43. The summed E-state index contributed by atoms with van der Waals surface area (Å²) < 4.78 is 0. The van der Waals surface area contributed by atoms with Gasteiger partial charge in [-0.1, -0.05) is 0 Å². The lowest BCUT2D eigenvalue weighted by molar-refractivity contribution is 0.102. The van der Waals surface area contributed by atoms with E-state index in [1.807, 2.05) is 36.6 Å². The van der Waals surface area contributed by atoms with Gasteiger partial charge in [0.15, 0.2) is 11.5 Å². The molecule has 5 nitrogen and oxygen atoms in total. The van der Waals surface area contributed by atoms with Crippen molar-refractivity contribution in [2.24, 2.45) is 0 Å². The Morgan fingerprint density at radius 3 is 2.41 bits per heavy atom. The molecule has 0 bridgehead atoms. The lowest BCUT2D eigenvalue weighted by Crippen LogP contribution is -2.20. The van der Waals surface area contributed by atoms with E-state index >= 15 is 0 Å². The molecule has 1 fully saturated rings. The number of hydrogen-bond donors (Lipinski definition) is 1. The van der Waals surface area contributed by atoms with Crippen molar-refractivity contribution in [2.75, 3.05) is 29.6 Å². The quantitative estimate of drug-likeness (QED) is 0.879. The van der Waals surface area contributed by atoms with Gasteiger partial charge in [-0.05, 0) is 55.5 Å². The zero-order valence-corrected chi connectivity index (χ0v) is 13.3. The minimum Gasteiger partial charge on any atom is -0.355 e. The highest BCUT2D eigenvalue weighted by Gasteiger charge is 2.15. The van der Waals surface area contributed by atoms with Crippen LogP contribution in [-0.2, 0) is 0 Å². The molecular formula is C16H18N4OS. The topological polar surface area (TPSA) is 58.1 Å². The van der Waals surface area contributed by atoms with Gasteiger partial charge in [-0.15, -0.1) is 22.0 Å². The first-order chi connectivity index (χ1) is 10.8. The third-order valence-corrected chi connectivity index (χ3v) is 4.40. The molecule has 22 heavy (non-hydrogen) atoms. The van der Waals surface area contributed by atoms with E-state index in [4.69, 9.17) is 0 Å². The van der Waals surface area contributed by atoms with Crippen LogP contribution >= 0.6 is 11.8 Å². The lowest BCUT2D eigenvalue weighted by atomic mass is 10.3. The summed E-state index contributed by atoms with van der Waals surface area (Å²) in [7, 11) is 0. The highest BCUT2D eigenvalue weighted by molar-refractivity contribution is 7.98. The number of thioether (sulfide) groups is 1. The Labute approximate surface area is 134 Å². The first kappa shape index (κ1) is 14.8. The Bertz CT molecular complexity index is 636. The van der Waals surface area contributed by atoms with Gasteiger partial charge < -0.3 is 10.2 Å². The molecule has 6 heteroatoms. The van der Waals surface area contributed by atoms with Crippen LogP contribution in [0.4, 0.5) is 11.5 Å². The second-order valence-corrected chi connectivity index (χ2v) is 6.03. The van der Waals surface area contributed by atoms with Crippen LogP contribution < -0.4 is 10.2 Å². The number of carbonyl (C=O) groups is 1. The van der Waals surface area contributed by atoms with Crippen LogP contribution in [0.3, 0.4) is 0 Å². The van der Waals surface area contributed by atoms with E-state index in [1.54, 1.807) is 17.8 Å². The number of benzene rings is 1. The van der Waals surface area contributed by atoms with Crippen LogP contribution in [0.15, 0.2) is 41.3 Å². The minimum absolute atomic E-state index is 0.239. The third-order valence-electron chi connectivity index (χ3n) is 3.66. The number of rotatable bonds is 4. The number of hydrogen-bond acceptors (Lipinski definition) is 5. The number of aromatic nitrogens is 2. The predicted molar refractivity (Wildman–Crippen MR) is 89.7 cm³/mol. The normalized spacial score (nSPS) is 14.1. The minimum atomic E-state index is -0.239. The van der Waals surface area contributed by atoms with Gasteiger partial charge in [0.25, 0.3) is 5.91 Å². The zero-order chi connectivity index (χ0) is 15.4. The Balaban J connectivity index is 1.66. The van der Waals surface area contributed by atoms with Crippen LogP contribution in [0.1, 0.15) is 23.3 Å². The molecule has 0 unspecified atom stereocenters. The Kier molecular flexibility index (Phi) is 4.58. The molecule has 1 aromatic heterocycles. The van der Waals surface area contributed by atoms with Crippen molar-refractivity contribution < 1.29 is 4.79 Å². The Morgan fingerprint density at radius 2 is 1.82 bits per heavy atom. The van der Waals surface area contributed by atoms with E-state index in [0.29, 0.717) is 5.69 Å². The molecule has 1 saturated heterocycles. The second-order valence-electron chi connectivity index (χ2n) is 5.15. The number of carbonyl (C=O) groups excluding carboxylic acids is 1. The van der Waals surface area contributed by atoms with E-state index in [9.17, 15) is 4.79 Å². The van der Waals surface area contributed by atoms with E-state index in [2.05, 4.69) is 20.4 Å². The van der Waals surface area contributed by atoms with Gasteiger partial charge in [0.05, 0.1) is 0 Å². The molecule has 0 spiro atoms. The monoisotopic (exact) mass is 314 g/mol. The summed E-state index contributed by atoms with van der Waals surface area (Å²) in [6.45, 7) is 2.03. The summed E-state index contributed by atoms with van der Waals surface area (Å²) >= 11 is 1.67. The maximum atomic E-state index is 12.2. The first-order valence-corrected chi connectivity index (χ1v) is 8.53. The van der Waals surface area contributed by atoms with Gasteiger partial charge in [0.2, 0.25) is 0 Å². The van der Waals surface area contributed by atoms with Crippen molar-refractivity contribution in [1.29, 1.82) is 0 Å². The lowest BCUT2D eigenvalue weighted by Gasteiger charge is -2.15. The summed E-state index contributed by atoms with van der Waals surface area (Å²) in [6.07, 6.45) is 4.40. The molecule has 2 aromatic rings. The standard InChI is InChI=1S/C16H18N4OS/c1-22-13-6-4-12(5-7-13)17-16(21)14-8-9-15(19-18-14)20-10-2-3-11-20/h4-9H,2-3,10-11H2,1H3,(H,17,21). The van der Waals surface area contributed by atoms with Gasteiger partial charge >= 0.3 is 0 Å². The second kappa shape index (κ2) is 6.79. The van der Waals surface area contributed by atoms with E-state index in [1.165, 1.54) is 12.8 Å². The van der Waals surface area contributed by atoms with Gasteiger partial charge in [-0.25, -0.2) is 0 Å². The molecule has 1 N–H and O–H groups in total. The number of nitrogens with zero attached hydrogens (tertiary/aromatic N) is 3. The van der Waals surface area contributed by atoms with Gasteiger partial charge in [-0.3, -0.25) is 4.79 Å². The fraction of sp³-hybridized carbons (Fsp3) is 0.312. The van der Waals surface area contributed by atoms with E-state index in [0.717, 1.165) is 29.5 Å². The van der Waals surface area contributed by atoms with Crippen molar-refractivity contribution in [2.45, 2.75) is 17.7 Å². The fourth-order valence-corrected chi connectivity index (χ4v) is 2.84. The molecule has 0 aliphatic carbocycles. The molecule has 1 amide bonds. The summed E-state index contributed by atoms with van der Waals surface area (Å²) in [6, 6.07) is 11.3. The molecule has 114 valence electrons.